The van der Waals surface area contributed by atoms with Gasteiger partial charge in [0.2, 0.25) is 0 Å². The van der Waals surface area contributed by atoms with Crippen molar-refractivity contribution in [1.29, 1.82) is 5.26 Å². The Balaban J connectivity index is 1.25. The van der Waals surface area contributed by atoms with Crippen molar-refractivity contribution in [1.82, 2.24) is 4.98 Å². The number of fused-ring (bicyclic) bond motifs is 2. The van der Waals surface area contributed by atoms with Crippen molar-refractivity contribution >= 4 is 28.8 Å². The topological polar surface area (TPSA) is 45.9 Å². The molecule has 2 heterocycles. The number of hydrogen-bond donors (Lipinski definition) is 0. The van der Waals surface area contributed by atoms with E-state index in [1.54, 1.807) is 0 Å². The van der Waals surface area contributed by atoms with Crippen molar-refractivity contribution < 1.29 is 4.74 Å². The molecule has 1 aromatic heterocycles. The minimum atomic E-state index is -2.78. The van der Waals surface area contributed by atoms with Crippen molar-refractivity contribution in [2.75, 3.05) is 0 Å². The van der Waals surface area contributed by atoms with E-state index in [-0.39, 0.29) is 0 Å². The molecule has 0 amide bonds. The summed E-state index contributed by atoms with van der Waals surface area (Å²) < 4.78 is 6.98. The molecular formula is C48H32N2OSi. The summed E-state index contributed by atoms with van der Waals surface area (Å²) in [4.78, 5) is 5.07. The molecule has 0 N–H and O–H groups in total. The highest BCUT2D eigenvalue weighted by Crippen LogP contribution is 2.39. The normalized spacial score (nSPS) is 12.5. The Hall–Kier alpha value is -6.80. The van der Waals surface area contributed by atoms with E-state index in [2.05, 4.69) is 158 Å². The maximum Gasteiger partial charge on any atom is 0.188 e. The number of benzene rings is 7. The molecule has 1 aliphatic heterocycles. The fourth-order valence-electron chi connectivity index (χ4n) is 7.72. The lowest BCUT2D eigenvalue weighted by molar-refractivity contribution is 0.489. The minimum Gasteiger partial charge on any atom is -0.457 e. The van der Waals surface area contributed by atoms with Gasteiger partial charge in [-0.3, -0.25) is 0 Å². The van der Waals surface area contributed by atoms with Crippen molar-refractivity contribution in [3.8, 4) is 62.3 Å². The first-order chi connectivity index (χ1) is 25.7. The molecule has 52 heavy (non-hydrogen) atoms. The largest absolute Gasteiger partial charge is 0.457 e. The second-order valence-corrected chi connectivity index (χ2v) is 16.7. The van der Waals surface area contributed by atoms with E-state index in [1.807, 2.05) is 42.5 Å². The molecule has 0 spiro atoms. The summed E-state index contributed by atoms with van der Waals surface area (Å²) in [5.74, 6) is 1.81. The smallest absolute Gasteiger partial charge is 0.188 e. The van der Waals surface area contributed by atoms with Crippen LogP contribution in [0.4, 0.5) is 0 Å². The molecule has 244 valence electrons. The summed E-state index contributed by atoms with van der Waals surface area (Å²) in [6, 6.07) is 70.3. The molecule has 7 aromatic carbocycles. The first kappa shape index (κ1) is 31.2. The second-order valence-electron chi connectivity index (χ2n) is 13.0. The Morgan fingerprint density at radius 3 is 1.75 bits per heavy atom. The highest BCUT2D eigenvalue weighted by atomic mass is 28.3. The molecule has 0 saturated heterocycles. The van der Waals surface area contributed by atoms with Crippen LogP contribution in [0, 0.1) is 11.3 Å². The van der Waals surface area contributed by atoms with Gasteiger partial charge in [0.25, 0.3) is 0 Å². The number of para-hydroxylation sites is 2. The SMILES string of the molecule is N#Cc1ccccc1-c1cc(-c2cccc(-c3cccc4c3Oc3ccccc3[Si]4(c3ccccc3)c3ccccc3)c2)cc(-c2ccccc2)n1. The molecule has 3 nitrogen and oxygen atoms in total. The summed E-state index contributed by atoms with van der Waals surface area (Å²) in [6.07, 6.45) is 0. The van der Waals surface area contributed by atoms with Gasteiger partial charge in [0.05, 0.1) is 23.0 Å². The van der Waals surface area contributed by atoms with Crippen LogP contribution in [0.5, 0.6) is 11.5 Å². The average Bonchev–Trinajstić information content (AvgIpc) is 3.23. The van der Waals surface area contributed by atoms with Crippen molar-refractivity contribution in [3.63, 3.8) is 0 Å². The number of hydrogen-bond acceptors (Lipinski definition) is 3. The van der Waals surface area contributed by atoms with Crippen LogP contribution in [0.2, 0.25) is 0 Å². The zero-order valence-corrected chi connectivity index (χ0v) is 29.3. The van der Waals surface area contributed by atoms with Crippen LogP contribution < -0.4 is 25.5 Å². The van der Waals surface area contributed by atoms with E-state index < -0.39 is 8.07 Å². The Bertz CT molecular complexity index is 2570. The molecular weight excluding hydrogens is 649 g/mol. The standard InChI is InChI=1S/C48H32N2OSi/c49-33-37-18-10-11-25-41(37)44-32-38(31-43(50-44)34-16-4-1-5-17-34)35-19-14-20-36(30-35)42-26-15-29-47-48(42)51-45-27-12-13-28-46(45)52(47,39-21-6-2-7-22-39)40-23-8-3-9-24-40/h1-32H. The zero-order valence-electron chi connectivity index (χ0n) is 28.3. The Labute approximate surface area is 304 Å². The van der Waals surface area contributed by atoms with E-state index in [4.69, 9.17) is 9.72 Å². The summed E-state index contributed by atoms with van der Waals surface area (Å²) in [5.41, 5.74) is 8.22. The van der Waals surface area contributed by atoms with Gasteiger partial charge in [0, 0.05) is 16.7 Å². The van der Waals surface area contributed by atoms with Crippen LogP contribution >= 0.6 is 0 Å². The van der Waals surface area contributed by atoms with Gasteiger partial charge in [-0.1, -0.05) is 164 Å². The second kappa shape index (κ2) is 13.1. The molecule has 0 unspecified atom stereocenters. The summed E-state index contributed by atoms with van der Waals surface area (Å²) in [6.45, 7) is 0. The van der Waals surface area contributed by atoms with E-state index in [1.165, 1.54) is 20.7 Å². The quantitative estimate of drug-likeness (QED) is 0.165. The van der Waals surface area contributed by atoms with Gasteiger partial charge in [-0.2, -0.15) is 5.26 Å². The van der Waals surface area contributed by atoms with Gasteiger partial charge in [-0.15, -0.1) is 0 Å². The molecule has 0 saturated carbocycles. The summed E-state index contributed by atoms with van der Waals surface area (Å²) >= 11 is 0. The number of nitriles is 1. The summed E-state index contributed by atoms with van der Waals surface area (Å²) in [7, 11) is -2.78. The maximum atomic E-state index is 9.97. The Morgan fingerprint density at radius 2 is 1.00 bits per heavy atom. The van der Waals surface area contributed by atoms with Gasteiger partial charge < -0.3 is 4.74 Å². The van der Waals surface area contributed by atoms with Gasteiger partial charge in [-0.05, 0) is 67.8 Å². The third kappa shape index (κ3) is 5.24. The fourth-order valence-corrected chi connectivity index (χ4v) is 12.7. The van der Waals surface area contributed by atoms with E-state index >= 15 is 0 Å². The van der Waals surface area contributed by atoms with Crippen LogP contribution in [0.3, 0.4) is 0 Å². The lowest BCUT2D eigenvalue weighted by Gasteiger charge is -2.40. The van der Waals surface area contributed by atoms with E-state index in [9.17, 15) is 5.26 Å². The number of nitrogens with zero attached hydrogens (tertiary/aromatic N) is 2. The van der Waals surface area contributed by atoms with Gasteiger partial charge >= 0.3 is 0 Å². The molecule has 8 aromatic rings. The Kier molecular flexibility index (Phi) is 7.89. The molecule has 0 radical (unpaired) electrons. The van der Waals surface area contributed by atoms with Crippen molar-refractivity contribution in [3.05, 3.63) is 200 Å². The molecule has 4 heteroatoms. The first-order valence-corrected chi connectivity index (χ1v) is 19.4. The van der Waals surface area contributed by atoms with Gasteiger partial charge in [0.1, 0.15) is 11.5 Å². The maximum absolute atomic E-state index is 9.97. The monoisotopic (exact) mass is 680 g/mol. The fraction of sp³-hybridized carbons (Fsp3) is 0. The lowest BCUT2D eigenvalue weighted by Crippen LogP contribution is -2.76. The number of rotatable bonds is 6. The number of ether oxygens (including phenoxy) is 1. The first-order valence-electron chi connectivity index (χ1n) is 17.4. The molecule has 0 bridgehead atoms. The van der Waals surface area contributed by atoms with Crippen molar-refractivity contribution in [2.45, 2.75) is 0 Å². The lowest BCUT2D eigenvalue weighted by atomic mass is 9.95. The summed E-state index contributed by atoms with van der Waals surface area (Å²) in [5, 5.41) is 15.1. The van der Waals surface area contributed by atoms with Crippen molar-refractivity contribution in [2.24, 2.45) is 0 Å². The highest BCUT2D eigenvalue weighted by Gasteiger charge is 2.48. The molecule has 0 fully saturated rings. The van der Waals surface area contributed by atoms with Gasteiger partial charge in [-0.25, -0.2) is 4.98 Å². The van der Waals surface area contributed by atoms with Crippen LogP contribution in [0.15, 0.2) is 194 Å². The molecule has 0 atom stereocenters. The third-order valence-electron chi connectivity index (χ3n) is 10.1. The molecule has 0 aliphatic carbocycles. The highest BCUT2D eigenvalue weighted by molar-refractivity contribution is 7.20. The van der Waals surface area contributed by atoms with Gasteiger partial charge in [0.15, 0.2) is 8.07 Å². The molecule has 9 rings (SSSR count). The number of aromatic nitrogens is 1. The van der Waals surface area contributed by atoms with Crippen LogP contribution in [-0.4, -0.2) is 13.1 Å². The van der Waals surface area contributed by atoms with E-state index in [0.717, 1.165) is 56.3 Å². The predicted molar refractivity (Wildman–Crippen MR) is 214 cm³/mol. The van der Waals surface area contributed by atoms with Crippen LogP contribution in [0.1, 0.15) is 5.56 Å². The number of pyridine rings is 1. The zero-order chi connectivity index (χ0) is 34.9. The predicted octanol–water partition coefficient (Wildman–Crippen LogP) is 9.10. The third-order valence-corrected chi connectivity index (χ3v) is 14.9. The Morgan fingerprint density at radius 1 is 0.442 bits per heavy atom. The average molecular weight is 681 g/mol. The van der Waals surface area contributed by atoms with Crippen LogP contribution in [0.25, 0.3) is 44.8 Å². The minimum absolute atomic E-state index is 0.595. The van der Waals surface area contributed by atoms with Crippen LogP contribution in [-0.2, 0) is 0 Å². The van der Waals surface area contributed by atoms with E-state index in [0.29, 0.717) is 5.56 Å². The molecule has 1 aliphatic rings.